The first-order chi connectivity index (χ1) is 7.49. The minimum atomic E-state index is -5.12. The molecule has 0 spiro atoms. The van der Waals surface area contributed by atoms with Crippen LogP contribution < -0.4 is 5.32 Å². The Morgan fingerprint density at radius 2 is 1.29 bits per heavy atom. The van der Waals surface area contributed by atoms with Crippen molar-refractivity contribution in [3.8, 4) is 0 Å². The van der Waals surface area contributed by atoms with Crippen LogP contribution in [0.25, 0.3) is 0 Å². The fourth-order valence-electron chi connectivity index (χ4n) is 0.799. The third-order valence-corrected chi connectivity index (χ3v) is 2.63. The maximum absolute atomic E-state index is 10.3. The molecule has 1 aliphatic heterocycles. The average Bonchev–Trinajstić information content (AvgIpc) is 1.96. The van der Waals surface area contributed by atoms with Crippen LogP contribution in [0.4, 0.5) is 0 Å². The molecule has 0 radical (unpaired) electrons. The summed E-state index contributed by atoms with van der Waals surface area (Å²) >= 11 is 0. The van der Waals surface area contributed by atoms with Gasteiger partial charge in [-0.05, 0) is 6.42 Å². The maximum Gasteiger partial charge on any atom is 0.413 e. The molecule has 0 bridgehead atoms. The summed E-state index contributed by atoms with van der Waals surface area (Å²) in [5.74, 6) is -0.275. The molecule has 1 heterocycles. The fraction of sp³-hybridized carbons (Fsp3) is 0.600. The van der Waals surface area contributed by atoms with Crippen LogP contribution in [0.15, 0.2) is 0 Å². The highest BCUT2D eigenvalue weighted by Crippen LogP contribution is 2.00. The van der Waals surface area contributed by atoms with Gasteiger partial charge >= 0.3 is 20.8 Å². The van der Waals surface area contributed by atoms with Crippen molar-refractivity contribution in [1.82, 2.24) is 5.32 Å². The van der Waals surface area contributed by atoms with E-state index in [-0.39, 0.29) is 11.8 Å². The van der Waals surface area contributed by atoms with Crippen LogP contribution >= 0.6 is 0 Å². The predicted molar refractivity (Wildman–Crippen MR) is 51.2 cm³/mol. The fourth-order valence-corrected chi connectivity index (χ4v) is 1.67. The zero-order valence-electron chi connectivity index (χ0n) is 8.19. The number of rotatable bonds is 2. The van der Waals surface area contributed by atoms with Crippen LogP contribution in [0.2, 0.25) is 0 Å². The summed E-state index contributed by atoms with van der Waals surface area (Å²) in [7, 11) is -10.2. The number of carbonyl (C=O) groups excluding carboxylic acids is 2. The number of hydrogen-bond donors (Lipinski definition) is 3. The van der Waals surface area contributed by atoms with Crippen molar-refractivity contribution >= 4 is 32.6 Å². The smallest absolute Gasteiger partial charge is 0.296 e. The quantitative estimate of drug-likeness (QED) is 0.402. The summed E-state index contributed by atoms with van der Waals surface area (Å²) in [6.45, 7) is 0. The highest BCUT2D eigenvalue weighted by Gasteiger charge is 2.15. The zero-order valence-corrected chi connectivity index (χ0v) is 9.82. The first-order valence-corrected chi connectivity index (χ1v) is 6.71. The Labute approximate surface area is 96.9 Å². The van der Waals surface area contributed by atoms with Crippen LogP contribution in [-0.4, -0.2) is 37.8 Å². The number of nitrogens with one attached hydrogen (secondary N) is 1. The molecule has 1 aliphatic rings. The van der Waals surface area contributed by atoms with E-state index < -0.39 is 20.8 Å². The molecule has 2 amide bonds. The van der Waals surface area contributed by atoms with Crippen LogP contribution in [-0.2, 0) is 34.0 Å². The molecular weight excluding hydrogens is 282 g/mol. The van der Waals surface area contributed by atoms with Crippen molar-refractivity contribution in [2.45, 2.75) is 19.3 Å². The van der Waals surface area contributed by atoms with Crippen molar-refractivity contribution in [2.75, 3.05) is 0 Å². The lowest BCUT2D eigenvalue weighted by Gasteiger charge is -2.07. The van der Waals surface area contributed by atoms with E-state index in [0.29, 0.717) is 19.3 Å². The van der Waals surface area contributed by atoms with E-state index in [1.807, 2.05) is 0 Å². The molecule has 0 aliphatic carbocycles. The summed E-state index contributed by atoms with van der Waals surface area (Å²) in [6.07, 6.45) is 1.72. The molecule has 3 N–H and O–H groups in total. The molecular formula is C5H9NO9S2. The van der Waals surface area contributed by atoms with E-state index >= 15 is 0 Å². The minimum Gasteiger partial charge on any atom is -0.296 e. The largest absolute Gasteiger partial charge is 0.413 e. The van der Waals surface area contributed by atoms with Crippen LogP contribution in [0, 0.1) is 0 Å². The Morgan fingerprint density at radius 3 is 1.41 bits per heavy atom. The monoisotopic (exact) mass is 291 g/mol. The molecule has 1 fully saturated rings. The Morgan fingerprint density at radius 1 is 0.941 bits per heavy atom. The number of carbonyl (C=O) groups is 2. The van der Waals surface area contributed by atoms with Crippen molar-refractivity contribution in [3.63, 3.8) is 0 Å². The van der Waals surface area contributed by atoms with Crippen LogP contribution in [0.5, 0.6) is 0 Å². The summed E-state index contributed by atoms with van der Waals surface area (Å²) < 4.78 is 55.6. The second kappa shape index (κ2) is 6.02. The topological polar surface area (TPSA) is 164 Å². The molecule has 0 aromatic rings. The Hall–Kier alpha value is -1.08. The number of hydrogen-bond acceptors (Lipinski definition) is 7. The van der Waals surface area contributed by atoms with Crippen molar-refractivity contribution < 1.29 is 39.2 Å². The van der Waals surface area contributed by atoms with Crippen molar-refractivity contribution in [1.29, 1.82) is 0 Å². The van der Waals surface area contributed by atoms with Crippen molar-refractivity contribution in [2.24, 2.45) is 0 Å². The Kier molecular flexibility index (Phi) is 5.63. The summed E-state index contributed by atoms with van der Waals surface area (Å²) in [4.78, 5) is 20.7. The average molecular weight is 291 g/mol. The zero-order chi connectivity index (χ0) is 13.7. The lowest BCUT2D eigenvalue weighted by molar-refractivity contribution is -0.132. The van der Waals surface area contributed by atoms with E-state index in [1.54, 1.807) is 0 Å². The maximum atomic E-state index is 10.3. The molecule has 17 heavy (non-hydrogen) atoms. The first-order valence-electron chi connectivity index (χ1n) is 3.98. The molecule has 12 heteroatoms. The van der Waals surface area contributed by atoms with Gasteiger partial charge in [-0.1, -0.05) is 0 Å². The minimum absolute atomic E-state index is 0.138. The highest BCUT2D eigenvalue weighted by molar-refractivity contribution is 7.94. The van der Waals surface area contributed by atoms with Gasteiger partial charge in [0.25, 0.3) is 0 Å². The molecule has 0 aromatic carbocycles. The van der Waals surface area contributed by atoms with Gasteiger partial charge in [-0.2, -0.15) is 16.8 Å². The van der Waals surface area contributed by atoms with Gasteiger partial charge in [-0.25, -0.2) is 0 Å². The molecule has 1 saturated heterocycles. The van der Waals surface area contributed by atoms with Gasteiger partial charge in [-0.15, -0.1) is 3.63 Å². The van der Waals surface area contributed by atoms with E-state index in [2.05, 4.69) is 8.95 Å². The second-order valence-corrected chi connectivity index (χ2v) is 5.00. The van der Waals surface area contributed by atoms with Gasteiger partial charge in [0.05, 0.1) is 0 Å². The van der Waals surface area contributed by atoms with E-state index in [9.17, 15) is 26.4 Å². The molecule has 0 atom stereocenters. The van der Waals surface area contributed by atoms with Gasteiger partial charge in [-0.3, -0.25) is 24.0 Å². The normalized spacial score (nSPS) is 16.8. The van der Waals surface area contributed by atoms with E-state index in [4.69, 9.17) is 9.11 Å². The Bertz CT molecular complexity index is 445. The molecule has 100 valence electrons. The van der Waals surface area contributed by atoms with Gasteiger partial charge in [0.15, 0.2) is 0 Å². The number of amides is 2. The van der Waals surface area contributed by atoms with Gasteiger partial charge < -0.3 is 0 Å². The van der Waals surface area contributed by atoms with E-state index in [1.165, 1.54) is 0 Å². The molecule has 0 saturated carbocycles. The summed E-state index contributed by atoms with van der Waals surface area (Å²) in [6, 6.07) is 0. The first kappa shape index (κ1) is 15.9. The third kappa shape index (κ3) is 11.2. The summed E-state index contributed by atoms with van der Waals surface area (Å²) in [5, 5.41) is 2.20. The highest BCUT2D eigenvalue weighted by atomic mass is 32.3. The van der Waals surface area contributed by atoms with Gasteiger partial charge in [0.1, 0.15) is 0 Å². The van der Waals surface area contributed by atoms with Gasteiger partial charge in [0, 0.05) is 12.8 Å². The summed E-state index contributed by atoms with van der Waals surface area (Å²) in [5.41, 5.74) is 0. The third-order valence-electron chi connectivity index (χ3n) is 1.26. The van der Waals surface area contributed by atoms with Gasteiger partial charge in [0.2, 0.25) is 11.8 Å². The predicted octanol–water partition coefficient (Wildman–Crippen LogP) is -1.58. The standard InChI is InChI=1S/C5H7NO2.H2O7S2/c7-4-2-1-3-5(8)6-4;1-8(2,3)7-9(4,5)6/h1-3H2,(H,6,7,8);(H,1,2,3)(H,4,5,6). The molecule has 10 nitrogen and oxygen atoms in total. The SMILES string of the molecule is O=C1CCCC(=O)N1.O=S(=O)(O)OS(=O)(=O)O. The molecule has 1 rings (SSSR count). The molecule has 0 aromatic heterocycles. The molecule has 0 unspecified atom stereocenters. The van der Waals surface area contributed by atoms with Crippen LogP contribution in [0.1, 0.15) is 19.3 Å². The van der Waals surface area contributed by atoms with E-state index in [0.717, 1.165) is 0 Å². The second-order valence-electron chi connectivity index (χ2n) is 2.75. The number of imide groups is 1. The lowest BCUT2D eigenvalue weighted by Crippen LogP contribution is -2.33. The Balaban J connectivity index is 0.000000302. The van der Waals surface area contributed by atoms with Crippen molar-refractivity contribution in [3.05, 3.63) is 0 Å². The number of piperidine rings is 1. The van der Waals surface area contributed by atoms with Crippen LogP contribution in [0.3, 0.4) is 0 Å². The lowest BCUT2D eigenvalue weighted by atomic mass is 10.1.